The Morgan fingerprint density at radius 3 is 2.18 bits per heavy atom. The predicted octanol–water partition coefficient (Wildman–Crippen LogP) is 1.12. The van der Waals surface area contributed by atoms with Crippen LogP contribution < -0.4 is 5.32 Å². The molecule has 2 atom stereocenters. The molecule has 0 saturated heterocycles. The second-order valence-corrected chi connectivity index (χ2v) is 4.57. The number of hydrogen-bond acceptors (Lipinski definition) is 4. The van der Waals surface area contributed by atoms with Crippen LogP contribution in [0.3, 0.4) is 0 Å². The van der Waals surface area contributed by atoms with Gasteiger partial charge in [-0.25, -0.2) is 4.79 Å². The lowest BCUT2D eigenvalue weighted by atomic mass is 9.98. The van der Waals surface area contributed by atoms with Crippen molar-refractivity contribution in [3.63, 3.8) is 0 Å². The molecule has 1 amide bonds. The molecule has 0 aromatic carbocycles. The van der Waals surface area contributed by atoms with Crippen molar-refractivity contribution in [1.82, 2.24) is 5.32 Å². The highest BCUT2D eigenvalue weighted by molar-refractivity contribution is 5.89. The van der Waals surface area contributed by atoms with E-state index >= 15 is 0 Å². The molecule has 2 unspecified atom stereocenters. The summed E-state index contributed by atoms with van der Waals surface area (Å²) in [5, 5.41) is 2.67. The summed E-state index contributed by atoms with van der Waals surface area (Å²) in [7, 11) is 2.77. The fourth-order valence-electron chi connectivity index (χ4n) is 1.20. The maximum atomic E-state index is 11.9. The molecule has 0 bridgehead atoms. The van der Waals surface area contributed by atoms with Crippen molar-refractivity contribution in [2.45, 2.75) is 45.8 Å². The van der Waals surface area contributed by atoms with Crippen molar-refractivity contribution in [3.05, 3.63) is 0 Å². The number of rotatable bonds is 6. The Hall–Kier alpha value is -1.10. The van der Waals surface area contributed by atoms with Crippen LogP contribution in [0.1, 0.15) is 34.1 Å². The molecule has 0 rings (SSSR count). The molecule has 100 valence electrons. The fraction of sp³-hybridized carbons (Fsp3) is 0.833. The Morgan fingerprint density at radius 2 is 1.82 bits per heavy atom. The first kappa shape index (κ1) is 15.9. The van der Waals surface area contributed by atoms with Gasteiger partial charge in [-0.1, -0.05) is 20.3 Å². The molecule has 0 aliphatic rings. The molecule has 0 aromatic heterocycles. The normalized spacial score (nSPS) is 14.9. The number of nitrogens with one attached hydrogen (secondary N) is 1. The van der Waals surface area contributed by atoms with Crippen LogP contribution in [0.2, 0.25) is 0 Å². The van der Waals surface area contributed by atoms with Crippen molar-refractivity contribution in [3.8, 4) is 0 Å². The van der Waals surface area contributed by atoms with Gasteiger partial charge in [-0.15, -0.1) is 0 Å². The molecular formula is C12H23NO4. The van der Waals surface area contributed by atoms with Crippen molar-refractivity contribution in [2.24, 2.45) is 5.92 Å². The standard InChI is InChI=1S/C12H23NO4/c1-7-8(2)9(10(14)16-5)13-11(15)12(3,4)17-6/h8-9H,7H2,1-6H3,(H,13,15). The summed E-state index contributed by atoms with van der Waals surface area (Å²) in [4.78, 5) is 23.5. The number of amides is 1. The van der Waals surface area contributed by atoms with E-state index in [9.17, 15) is 9.59 Å². The van der Waals surface area contributed by atoms with Gasteiger partial charge < -0.3 is 14.8 Å². The van der Waals surface area contributed by atoms with E-state index < -0.39 is 17.6 Å². The van der Waals surface area contributed by atoms with Gasteiger partial charge in [0.05, 0.1) is 7.11 Å². The zero-order valence-corrected chi connectivity index (χ0v) is 11.5. The SMILES string of the molecule is CCC(C)C(NC(=O)C(C)(C)OC)C(=O)OC. The number of hydrogen-bond donors (Lipinski definition) is 1. The molecule has 17 heavy (non-hydrogen) atoms. The summed E-state index contributed by atoms with van der Waals surface area (Å²) in [6.45, 7) is 7.14. The minimum Gasteiger partial charge on any atom is -0.467 e. The average Bonchev–Trinajstić information content (AvgIpc) is 2.33. The van der Waals surface area contributed by atoms with E-state index in [1.165, 1.54) is 14.2 Å². The maximum absolute atomic E-state index is 11.9. The van der Waals surface area contributed by atoms with E-state index in [2.05, 4.69) is 10.1 Å². The van der Waals surface area contributed by atoms with Gasteiger partial charge in [0, 0.05) is 7.11 Å². The van der Waals surface area contributed by atoms with Crippen LogP contribution in [0, 0.1) is 5.92 Å². The monoisotopic (exact) mass is 245 g/mol. The minimum absolute atomic E-state index is 0.0130. The topological polar surface area (TPSA) is 64.6 Å². The molecule has 0 saturated carbocycles. The van der Waals surface area contributed by atoms with Crippen LogP contribution in [0.25, 0.3) is 0 Å². The quantitative estimate of drug-likeness (QED) is 0.712. The van der Waals surface area contributed by atoms with Crippen LogP contribution in [0.5, 0.6) is 0 Å². The number of methoxy groups -OCH3 is 2. The first-order valence-corrected chi connectivity index (χ1v) is 5.74. The summed E-state index contributed by atoms with van der Waals surface area (Å²) >= 11 is 0. The molecule has 0 fully saturated rings. The van der Waals surface area contributed by atoms with Crippen LogP contribution >= 0.6 is 0 Å². The van der Waals surface area contributed by atoms with Crippen LogP contribution in [0.4, 0.5) is 0 Å². The third kappa shape index (κ3) is 4.34. The lowest BCUT2D eigenvalue weighted by Crippen LogP contribution is -2.53. The third-order valence-electron chi connectivity index (χ3n) is 3.01. The number of carbonyl (C=O) groups excluding carboxylic acids is 2. The second-order valence-electron chi connectivity index (χ2n) is 4.57. The van der Waals surface area contributed by atoms with Gasteiger partial charge in [0.2, 0.25) is 0 Å². The largest absolute Gasteiger partial charge is 0.467 e. The zero-order valence-electron chi connectivity index (χ0n) is 11.5. The average molecular weight is 245 g/mol. The number of carbonyl (C=O) groups is 2. The lowest BCUT2D eigenvalue weighted by molar-refractivity contribution is -0.150. The molecule has 0 radical (unpaired) electrons. The van der Waals surface area contributed by atoms with Gasteiger partial charge in [-0.05, 0) is 19.8 Å². The lowest BCUT2D eigenvalue weighted by Gasteiger charge is -2.27. The van der Waals surface area contributed by atoms with Crippen molar-refractivity contribution < 1.29 is 19.1 Å². The predicted molar refractivity (Wildman–Crippen MR) is 64.5 cm³/mol. The van der Waals surface area contributed by atoms with Gasteiger partial charge in [0.25, 0.3) is 5.91 Å². The smallest absolute Gasteiger partial charge is 0.328 e. The van der Waals surface area contributed by atoms with E-state index in [1.807, 2.05) is 13.8 Å². The van der Waals surface area contributed by atoms with E-state index in [0.717, 1.165) is 6.42 Å². The molecule has 0 aliphatic heterocycles. The van der Waals surface area contributed by atoms with E-state index in [1.54, 1.807) is 13.8 Å². The van der Waals surface area contributed by atoms with E-state index in [4.69, 9.17) is 4.74 Å². The van der Waals surface area contributed by atoms with Gasteiger partial charge in [0.15, 0.2) is 0 Å². The molecule has 0 aliphatic carbocycles. The third-order valence-corrected chi connectivity index (χ3v) is 3.01. The molecule has 5 nitrogen and oxygen atoms in total. The van der Waals surface area contributed by atoms with E-state index in [-0.39, 0.29) is 11.8 Å². The Labute approximate surface area is 103 Å². The molecule has 0 heterocycles. The zero-order chi connectivity index (χ0) is 13.6. The maximum Gasteiger partial charge on any atom is 0.328 e. The molecule has 5 heteroatoms. The van der Waals surface area contributed by atoms with Gasteiger partial charge in [-0.2, -0.15) is 0 Å². The highest BCUT2D eigenvalue weighted by Crippen LogP contribution is 2.13. The summed E-state index contributed by atoms with van der Waals surface area (Å²) in [5.74, 6) is -0.741. The Balaban J connectivity index is 4.77. The van der Waals surface area contributed by atoms with Crippen LogP contribution in [-0.4, -0.2) is 37.7 Å². The molecule has 0 spiro atoms. The van der Waals surface area contributed by atoms with Crippen molar-refractivity contribution >= 4 is 11.9 Å². The van der Waals surface area contributed by atoms with Crippen LogP contribution in [-0.2, 0) is 19.1 Å². The molecule has 0 aromatic rings. The summed E-state index contributed by atoms with van der Waals surface area (Å²) in [5.41, 5.74) is -0.959. The number of ether oxygens (including phenoxy) is 2. The Kier molecular flexibility index (Phi) is 6.16. The van der Waals surface area contributed by atoms with Gasteiger partial charge in [0.1, 0.15) is 11.6 Å². The Morgan fingerprint density at radius 1 is 1.29 bits per heavy atom. The number of esters is 1. The second kappa shape index (κ2) is 6.59. The van der Waals surface area contributed by atoms with E-state index in [0.29, 0.717) is 0 Å². The first-order valence-electron chi connectivity index (χ1n) is 5.74. The highest BCUT2D eigenvalue weighted by Gasteiger charge is 2.33. The van der Waals surface area contributed by atoms with Crippen molar-refractivity contribution in [1.29, 1.82) is 0 Å². The van der Waals surface area contributed by atoms with Gasteiger partial charge in [-0.3, -0.25) is 4.79 Å². The van der Waals surface area contributed by atoms with Gasteiger partial charge >= 0.3 is 5.97 Å². The summed E-state index contributed by atoms with van der Waals surface area (Å²) in [6, 6.07) is -0.632. The minimum atomic E-state index is -0.959. The van der Waals surface area contributed by atoms with Crippen molar-refractivity contribution in [2.75, 3.05) is 14.2 Å². The summed E-state index contributed by atoms with van der Waals surface area (Å²) < 4.78 is 9.75. The summed E-state index contributed by atoms with van der Waals surface area (Å²) in [6.07, 6.45) is 0.771. The fourth-order valence-corrected chi connectivity index (χ4v) is 1.20. The highest BCUT2D eigenvalue weighted by atomic mass is 16.5. The molecule has 1 N–H and O–H groups in total. The Bertz CT molecular complexity index is 276. The molecular weight excluding hydrogens is 222 g/mol. The first-order chi connectivity index (χ1) is 7.80. The van der Waals surface area contributed by atoms with Crippen LogP contribution in [0.15, 0.2) is 0 Å².